The number of hydrogen-bond acceptors (Lipinski definition) is 6. The number of ether oxygens (including phenoxy) is 3. The van der Waals surface area contributed by atoms with Crippen LogP contribution < -0.4 is 19.5 Å². The van der Waals surface area contributed by atoms with Crippen molar-refractivity contribution in [3.05, 3.63) is 64.8 Å². The van der Waals surface area contributed by atoms with Crippen LogP contribution >= 0.6 is 15.9 Å². The van der Waals surface area contributed by atoms with Gasteiger partial charge in [-0.3, -0.25) is 14.5 Å². The van der Waals surface area contributed by atoms with Crippen molar-refractivity contribution in [2.75, 3.05) is 19.5 Å². The molecule has 0 unspecified atom stereocenters. The molecule has 2 aromatic heterocycles. The van der Waals surface area contributed by atoms with Gasteiger partial charge in [0.2, 0.25) is 0 Å². The standard InChI is InChI=1S/C22H18BrFN4O4/c1-28-11-14(23)21(27-28)22(29)26-12-4-5-18(15(24)8-12)32-17-6-7-25-16-10-20(31-3)19(30-2)9-13(16)17/h4-11H,1-3H3,(H,26,29). The molecule has 0 bridgehead atoms. The molecular weight excluding hydrogens is 483 g/mol. The van der Waals surface area contributed by atoms with Crippen molar-refractivity contribution in [3.8, 4) is 23.0 Å². The molecule has 2 heterocycles. The fraction of sp³-hybridized carbons (Fsp3) is 0.136. The molecule has 0 atom stereocenters. The number of rotatable bonds is 6. The fourth-order valence-electron chi connectivity index (χ4n) is 3.12. The zero-order valence-corrected chi connectivity index (χ0v) is 18.9. The molecule has 164 valence electrons. The first-order valence-electron chi connectivity index (χ1n) is 9.38. The van der Waals surface area contributed by atoms with E-state index < -0.39 is 11.7 Å². The highest BCUT2D eigenvalue weighted by Gasteiger charge is 2.17. The number of fused-ring (bicyclic) bond motifs is 1. The number of amides is 1. The Kier molecular flexibility index (Phi) is 5.95. The number of halogens is 2. The first-order chi connectivity index (χ1) is 15.4. The molecule has 10 heteroatoms. The molecule has 0 aliphatic rings. The monoisotopic (exact) mass is 500 g/mol. The second kappa shape index (κ2) is 8.83. The van der Waals surface area contributed by atoms with Gasteiger partial charge in [0.05, 0.1) is 24.2 Å². The summed E-state index contributed by atoms with van der Waals surface area (Å²) in [5.41, 5.74) is 1.06. The summed E-state index contributed by atoms with van der Waals surface area (Å²) in [6, 6.07) is 9.21. The number of methoxy groups -OCH3 is 2. The predicted molar refractivity (Wildman–Crippen MR) is 120 cm³/mol. The number of anilines is 1. The van der Waals surface area contributed by atoms with Gasteiger partial charge in [0.25, 0.3) is 5.91 Å². The van der Waals surface area contributed by atoms with Crippen molar-refractivity contribution in [1.82, 2.24) is 14.8 Å². The third-order valence-electron chi connectivity index (χ3n) is 4.62. The van der Waals surface area contributed by atoms with Crippen LogP contribution in [0.3, 0.4) is 0 Å². The van der Waals surface area contributed by atoms with Gasteiger partial charge in [-0.05, 0) is 40.2 Å². The maximum atomic E-state index is 14.8. The van der Waals surface area contributed by atoms with Gasteiger partial charge >= 0.3 is 0 Å². The number of carbonyl (C=O) groups is 1. The lowest BCUT2D eigenvalue weighted by Crippen LogP contribution is -2.13. The van der Waals surface area contributed by atoms with Crippen LogP contribution in [-0.4, -0.2) is 34.9 Å². The topological polar surface area (TPSA) is 87.5 Å². The molecule has 0 saturated carbocycles. The molecule has 4 rings (SSSR count). The molecule has 0 saturated heterocycles. The van der Waals surface area contributed by atoms with Crippen LogP contribution in [0.1, 0.15) is 10.5 Å². The fourth-order valence-corrected chi connectivity index (χ4v) is 3.68. The first-order valence-corrected chi connectivity index (χ1v) is 10.2. The molecular formula is C22H18BrFN4O4. The van der Waals surface area contributed by atoms with E-state index in [4.69, 9.17) is 14.2 Å². The summed E-state index contributed by atoms with van der Waals surface area (Å²) in [6.07, 6.45) is 3.21. The minimum Gasteiger partial charge on any atom is -0.493 e. The van der Waals surface area contributed by atoms with Gasteiger partial charge in [-0.15, -0.1) is 0 Å². The molecule has 0 spiro atoms. The van der Waals surface area contributed by atoms with Gasteiger partial charge in [-0.2, -0.15) is 5.10 Å². The van der Waals surface area contributed by atoms with E-state index in [1.807, 2.05) is 0 Å². The second-order valence-electron chi connectivity index (χ2n) is 6.73. The number of aromatic nitrogens is 3. The van der Waals surface area contributed by atoms with Crippen molar-refractivity contribution in [3.63, 3.8) is 0 Å². The minimum atomic E-state index is -0.645. The van der Waals surface area contributed by atoms with Gasteiger partial charge in [0.1, 0.15) is 5.75 Å². The summed E-state index contributed by atoms with van der Waals surface area (Å²) >= 11 is 3.27. The first kappa shape index (κ1) is 21.6. The molecule has 1 amide bonds. The molecule has 4 aromatic rings. The number of hydrogen-bond donors (Lipinski definition) is 1. The number of nitrogens with one attached hydrogen (secondary N) is 1. The van der Waals surface area contributed by atoms with Gasteiger partial charge in [-0.1, -0.05) is 0 Å². The Bertz CT molecular complexity index is 1330. The SMILES string of the molecule is COc1cc2nccc(Oc3ccc(NC(=O)c4nn(C)cc4Br)cc3F)c2cc1OC. The van der Waals surface area contributed by atoms with Crippen LogP contribution in [0.15, 0.2) is 53.3 Å². The molecule has 0 radical (unpaired) electrons. The lowest BCUT2D eigenvalue weighted by Gasteiger charge is -2.13. The molecule has 0 fully saturated rings. The number of benzene rings is 2. The van der Waals surface area contributed by atoms with Gasteiger partial charge in [-0.25, -0.2) is 4.39 Å². The minimum absolute atomic E-state index is 0.00991. The Labute approximate surface area is 191 Å². The Balaban J connectivity index is 1.60. The van der Waals surface area contributed by atoms with Crippen molar-refractivity contribution >= 4 is 38.4 Å². The van der Waals surface area contributed by atoms with Crippen molar-refractivity contribution in [1.29, 1.82) is 0 Å². The summed E-state index contributed by atoms with van der Waals surface area (Å²) in [5.74, 6) is 0.293. The lowest BCUT2D eigenvalue weighted by atomic mass is 10.2. The molecule has 8 nitrogen and oxygen atoms in total. The van der Waals surface area contributed by atoms with E-state index in [0.717, 1.165) is 0 Å². The summed E-state index contributed by atoms with van der Waals surface area (Å²) in [4.78, 5) is 16.7. The van der Waals surface area contributed by atoms with Crippen molar-refractivity contribution in [2.24, 2.45) is 7.05 Å². The molecule has 32 heavy (non-hydrogen) atoms. The highest BCUT2D eigenvalue weighted by atomic mass is 79.9. The molecule has 0 aliphatic carbocycles. The van der Waals surface area contributed by atoms with E-state index in [0.29, 0.717) is 32.6 Å². The molecule has 1 N–H and O–H groups in total. The normalized spacial score (nSPS) is 10.8. The molecule has 2 aromatic carbocycles. The van der Waals surface area contributed by atoms with E-state index in [-0.39, 0.29) is 17.1 Å². The average molecular weight is 501 g/mol. The van der Waals surface area contributed by atoms with Gasteiger partial charge in [0, 0.05) is 42.6 Å². The average Bonchev–Trinajstić information content (AvgIpc) is 3.12. The second-order valence-corrected chi connectivity index (χ2v) is 7.59. The maximum absolute atomic E-state index is 14.8. The Hall–Kier alpha value is -3.66. The highest BCUT2D eigenvalue weighted by Crippen LogP contribution is 2.37. The summed E-state index contributed by atoms with van der Waals surface area (Å²) in [5, 5.41) is 7.32. The third kappa shape index (κ3) is 4.22. The summed E-state index contributed by atoms with van der Waals surface area (Å²) in [7, 11) is 4.75. The van der Waals surface area contributed by atoms with Crippen LogP contribution in [0.5, 0.6) is 23.0 Å². The van der Waals surface area contributed by atoms with Crippen LogP contribution in [-0.2, 0) is 7.05 Å². The van der Waals surface area contributed by atoms with E-state index in [9.17, 15) is 9.18 Å². The largest absolute Gasteiger partial charge is 0.493 e. The van der Waals surface area contributed by atoms with E-state index in [1.54, 1.807) is 43.7 Å². The number of pyridine rings is 1. The summed E-state index contributed by atoms with van der Waals surface area (Å²) < 4.78 is 33.3. The number of aryl methyl sites for hydroxylation is 1. The zero-order chi connectivity index (χ0) is 22.8. The summed E-state index contributed by atoms with van der Waals surface area (Å²) in [6.45, 7) is 0. The molecule has 0 aliphatic heterocycles. The Morgan fingerprint density at radius 3 is 2.47 bits per heavy atom. The van der Waals surface area contributed by atoms with E-state index in [2.05, 4.69) is 31.3 Å². The van der Waals surface area contributed by atoms with Crippen LogP contribution in [0.2, 0.25) is 0 Å². The maximum Gasteiger partial charge on any atom is 0.277 e. The quantitative estimate of drug-likeness (QED) is 0.403. The Morgan fingerprint density at radius 2 is 1.81 bits per heavy atom. The van der Waals surface area contributed by atoms with E-state index in [1.165, 1.54) is 31.0 Å². The van der Waals surface area contributed by atoms with Crippen LogP contribution in [0.4, 0.5) is 10.1 Å². The zero-order valence-electron chi connectivity index (χ0n) is 17.3. The van der Waals surface area contributed by atoms with Crippen LogP contribution in [0, 0.1) is 5.82 Å². The number of carbonyl (C=O) groups excluding carboxylic acids is 1. The number of nitrogens with zero attached hydrogens (tertiary/aromatic N) is 3. The van der Waals surface area contributed by atoms with Crippen molar-refractivity contribution in [2.45, 2.75) is 0 Å². The highest BCUT2D eigenvalue weighted by molar-refractivity contribution is 9.10. The van der Waals surface area contributed by atoms with E-state index >= 15 is 0 Å². The predicted octanol–water partition coefficient (Wildman–Crippen LogP) is 4.93. The lowest BCUT2D eigenvalue weighted by molar-refractivity contribution is 0.102. The van der Waals surface area contributed by atoms with Crippen LogP contribution in [0.25, 0.3) is 10.9 Å². The Morgan fingerprint density at radius 1 is 1.06 bits per heavy atom. The smallest absolute Gasteiger partial charge is 0.277 e. The van der Waals surface area contributed by atoms with Crippen molar-refractivity contribution < 1.29 is 23.4 Å². The third-order valence-corrected chi connectivity index (χ3v) is 5.20. The van der Waals surface area contributed by atoms with Gasteiger partial charge < -0.3 is 19.5 Å². The van der Waals surface area contributed by atoms with Gasteiger partial charge in [0.15, 0.2) is 28.8 Å².